The number of benzene rings is 3. The van der Waals surface area contributed by atoms with Gasteiger partial charge >= 0.3 is 0 Å². The summed E-state index contributed by atoms with van der Waals surface area (Å²) in [6, 6.07) is 26.6. The van der Waals surface area contributed by atoms with E-state index in [0.717, 1.165) is 31.5 Å². The first-order chi connectivity index (χ1) is 15.0. The van der Waals surface area contributed by atoms with E-state index in [1.54, 1.807) is 31.3 Å². The minimum absolute atomic E-state index is 0.0337. The molecule has 1 N–H and O–H groups in total. The zero-order valence-corrected chi connectivity index (χ0v) is 19.3. The highest BCUT2D eigenvalue weighted by Gasteiger charge is 2.24. The molecule has 0 saturated heterocycles. The van der Waals surface area contributed by atoms with Crippen molar-refractivity contribution in [1.82, 2.24) is 9.62 Å². The topological polar surface area (TPSA) is 49.4 Å². The quantitative estimate of drug-likeness (QED) is 0.414. The molecule has 4 nitrogen and oxygen atoms in total. The molecule has 6 heteroatoms. The van der Waals surface area contributed by atoms with E-state index in [4.69, 9.17) is 11.6 Å². The molecular weight excluding hydrogens is 428 g/mol. The average Bonchev–Trinajstić information content (AvgIpc) is 2.79. The van der Waals surface area contributed by atoms with Gasteiger partial charge in [0.25, 0.3) is 0 Å². The molecule has 3 rings (SSSR count). The monoisotopic (exact) mass is 456 g/mol. The second-order valence-electron chi connectivity index (χ2n) is 7.62. The van der Waals surface area contributed by atoms with Crippen LogP contribution in [0, 0.1) is 0 Å². The lowest BCUT2D eigenvalue weighted by Crippen LogP contribution is -2.32. The summed E-state index contributed by atoms with van der Waals surface area (Å²) < 4.78 is 27.4. The van der Waals surface area contributed by atoms with Crippen LogP contribution in [-0.2, 0) is 16.4 Å². The number of halogens is 1. The van der Waals surface area contributed by atoms with Crippen LogP contribution in [0.1, 0.15) is 23.5 Å². The lowest BCUT2D eigenvalue weighted by atomic mass is 9.95. The highest BCUT2D eigenvalue weighted by atomic mass is 35.5. The molecule has 0 amide bonds. The molecule has 0 radical (unpaired) electrons. The first-order valence-corrected chi connectivity index (χ1v) is 12.3. The van der Waals surface area contributed by atoms with Gasteiger partial charge in [-0.3, -0.25) is 0 Å². The van der Waals surface area contributed by atoms with Gasteiger partial charge in [-0.1, -0.05) is 72.3 Å². The van der Waals surface area contributed by atoms with Crippen LogP contribution in [-0.4, -0.2) is 39.4 Å². The maximum atomic E-state index is 13.0. The Morgan fingerprint density at radius 3 is 2.26 bits per heavy atom. The Labute approximate surface area is 190 Å². The van der Waals surface area contributed by atoms with Crippen molar-refractivity contribution in [3.63, 3.8) is 0 Å². The zero-order valence-electron chi connectivity index (χ0n) is 17.7. The first-order valence-electron chi connectivity index (χ1n) is 10.5. The summed E-state index contributed by atoms with van der Waals surface area (Å²) in [7, 11) is -1.90. The van der Waals surface area contributed by atoms with Crippen LogP contribution in [0.3, 0.4) is 0 Å². The third-order valence-electron chi connectivity index (χ3n) is 5.35. The molecule has 0 fully saturated rings. The highest BCUT2D eigenvalue weighted by molar-refractivity contribution is 7.89. The van der Waals surface area contributed by atoms with Gasteiger partial charge in [-0.25, -0.2) is 12.7 Å². The number of nitrogens with zero attached hydrogens (tertiary/aromatic N) is 1. The third kappa shape index (κ3) is 6.91. The molecule has 0 spiro atoms. The molecule has 0 saturated carbocycles. The van der Waals surface area contributed by atoms with Gasteiger partial charge in [0.1, 0.15) is 0 Å². The molecule has 0 unspecified atom stereocenters. The van der Waals surface area contributed by atoms with Gasteiger partial charge in [0.15, 0.2) is 0 Å². The van der Waals surface area contributed by atoms with Crippen LogP contribution < -0.4 is 5.32 Å². The van der Waals surface area contributed by atoms with Crippen molar-refractivity contribution in [2.24, 2.45) is 0 Å². The maximum absolute atomic E-state index is 13.0. The molecule has 0 aromatic heterocycles. The van der Waals surface area contributed by atoms with E-state index >= 15 is 0 Å². The number of sulfonamides is 1. The minimum Gasteiger partial charge on any atom is -0.316 e. The molecule has 0 heterocycles. The fourth-order valence-electron chi connectivity index (χ4n) is 3.58. The van der Waals surface area contributed by atoms with Crippen molar-refractivity contribution in [1.29, 1.82) is 0 Å². The molecule has 31 heavy (non-hydrogen) atoms. The van der Waals surface area contributed by atoms with Crippen molar-refractivity contribution in [2.75, 3.05) is 26.7 Å². The Bertz CT molecular complexity index is 1040. The van der Waals surface area contributed by atoms with Gasteiger partial charge in [-0.2, -0.15) is 0 Å². The van der Waals surface area contributed by atoms with Gasteiger partial charge in [-0.15, -0.1) is 0 Å². The Morgan fingerprint density at radius 2 is 1.58 bits per heavy atom. The maximum Gasteiger partial charge on any atom is 0.242 e. The number of rotatable bonds is 11. The summed E-state index contributed by atoms with van der Waals surface area (Å²) in [5, 5.41) is 4.15. The predicted molar refractivity (Wildman–Crippen MR) is 128 cm³/mol. The Kier molecular flexibility index (Phi) is 8.67. The molecule has 3 aromatic rings. The summed E-state index contributed by atoms with van der Waals surface area (Å²) in [4.78, 5) is 0.309. The smallest absolute Gasteiger partial charge is 0.242 e. The van der Waals surface area contributed by atoms with E-state index in [0.29, 0.717) is 16.5 Å². The van der Waals surface area contributed by atoms with E-state index in [1.165, 1.54) is 9.87 Å². The highest BCUT2D eigenvalue weighted by Crippen LogP contribution is 2.25. The predicted octanol–water partition coefficient (Wildman–Crippen LogP) is 4.97. The number of likely N-dealkylation sites (N-methyl/N-ethyl adjacent to an activating group) is 1. The van der Waals surface area contributed by atoms with Crippen LogP contribution in [0.15, 0.2) is 89.8 Å². The number of hydrogen-bond acceptors (Lipinski definition) is 3. The van der Waals surface area contributed by atoms with E-state index in [2.05, 4.69) is 17.4 Å². The van der Waals surface area contributed by atoms with E-state index in [1.807, 2.05) is 48.5 Å². The van der Waals surface area contributed by atoms with E-state index < -0.39 is 10.0 Å². The summed E-state index contributed by atoms with van der Waals surface area (Å²) in [5.41, 5.74) is 2.35. The van der Waals surface area contributed by atoms with Gasteiger partial charge in [-0.05, 0) is 67.2 Å². The molecule has 1 atom stereocenters. The van der Waals surface area contributed by atoms with Gasteiger partial charge < -0.3 is 5.32 Å². The lowest BCUT2D eigenvalue weighted by Gasteiger charge is -2.25. The third-order valence-corrected chi connectivity index (χ3v) is 7.42. The molecular formula is C25H29ClN2O2S. The zero-order chi connectivity index (χ0) is 22.1. The van der Waals surface area contributed by atoms with Crippen molar-refractivity contribution in [3.8, 4) is 0 Å². The Hall–Kier alpha value is -2.18. The van der Waals surface area contributed by atoms with Crippen LogP contribution in [0.5, 0.6) is 0 Å². The molecule has 0 bridgehead atoms. The van der Waals surface area contributed by atoms with E-state index in [-0.39, 0.29) is 5.92 Å². The molecule has 3 aromatic carbocycles. The van der Waals surface area contributed by atoms with Gasteiger partial charge in [0.2, 0.25) is 10.0 Å². The van der Waals surface area contributed by atoms with Crippen LogP contribution in [0.25, 0.3) is 0 Å². The van der Waals surface area contributed by atoms with Crippen LogP contribution >= 0.6 is 11.6 Å². The second-order valence-corrected chi connectivity index (χ2v) is 10.1. The summed E-state index contributed by atoms with van der Waals surface area (Å²) in [6.45, 7) is 2.06. The van der Waals surface area contributed by atoms with Gasteiger partial charge in [0, 0.05) is 18.6 Å². The fraction of sp³-hybridized carbons (Fsp3) is 0.280. The molecule has 0 aliphatic heterocycles. The van der Waals surface area contributed by atoms with Crippen LogP contribution in [0.2, 0.25) is 5.02 Å². The van der Waals surface area contributed by atoms with E-state index in [9.17, 15) is 8.42 Å². The van der Waals surface area contributed by atoms with Crippen molar-refractivity contribution < 1.29 is 8.42 Å². The second kappa shape index (κ2) is 11.4. The summed E-state index contributed by atoms with van der Waals surface area (Å²) >= 11 is 6.22. The minimum atomic E-state index is -3.54. The first kappa shape index (κ1) is 23.5. The lowest BCUT2D eigenvalue weighted by molar-refractivity contribution is 0.419. The molecule has 164 valence electrons. The molecule has 0 aliphatic rings. The summed E-state index contributed by atoms with van der Waals surface area (Å²) in [5.74, 6) is 0.0337. The standard InChI is InChI=1S/C25H29ClN2O2S/c1-28(31(29,30)25-13-6-3-7-14-25)20-23(22-11-8-12-24(26)19-22)16-18-27-17-15-21-9-4-2-5-10-21/h2-14,19,23,27H,15-18,20H2,1H3/t23-/m1/s1. The number of hydrogen-bond donors (Lipinski definition) is 1. The average molecular weight is 457 g/mol. The Balaban J connectivity index is 1.64. The largest absolute Gasteiger partial charge is 0.316 e. The number of nitrogens with one attached hydrogen (secondary N) is 1. The van der Waals surface area contributed by atoms with Crippen molar-refractivity contribution in [3.05, 3.63) is 101 Å². The summed E-state index contributed by atoms with van der Waals surface area (Å²) in [6.07, 6.45) is 1.77. The van der Waals surface area contributed by atoms with Crippen molar-refractivity contribution >= 4 is 21.6 Å². The molecule has 0 aliphatic carbocycles. The van der Waals surface area contributed by atoms with Crippen LogP contribution in [0.4, 0.5) is 0 Å². The fourth-order valence-corrected chi connectivity index (χ4v) is 5.02. The Morgan fingerprint density at radius 1 is 0.903 bits per heavy atom. The SMILES string of the molecule is CN(C[C@@H](CCNCCc1ccccc1)c1cccc(Cl)c1)S(=O)(=O)c1ccccc1. The normalized spacial score (nSPS) is 12.7. The van der Waals surface area contributed by atoms with Gasteiger partial charge in [0.05, 0.1) is 4.90 Å². The van der Waals surface area contributed by atoms with Crippen molar-refractivity contribution in [2.45, 2.75) is 23.7 Å².